The second-order valence-electron chi connectivity index (χ2n) is 5.75. The molecule has 2 rings (SSSR count). The van der Waals surface area contributed by atoms with Crippen molar-refractivity contribution in [2.24, 2.45) is 0 Å². The minimum absolute atomic E-state index is 0.356. The van der Waals surface area contributed by atoms with E-state index in [1.54, 1.807) is 6.92 Å². The number of urea groups is 1. The number of rotatable bonds is 5. The third-order valence-corrected chi connectivity index (χ3v) is 4.07. The van der Waals surface area contributed by atoms with Gasteiger partial charge in [-0.25, -0.2) is 4.79 Å². The molecule has 3 amide bonds. The maximum absolute atomic E-state index is 12.6. The molecular weight excluding hydrogens is 284 g/mol. The highest BCUT2D eigenvalue weighted by molar-refractivity contribution is 6.08. The number of carbonyl (C=O) groups excluding carboxylic acids is 2. The van der Waals surface area contributed by atoms with Crippen LogP contribution in [-0.4, -0.2) is 34.5 Å². The van der Waals surface area contributed by atoms with E-state index in [9.17, 15) is 14.4 Å². The molecule has 2 N–H and O–H groups in total. The fourth-order valence-electron chi connectivity index (χ4n) is 2.70. The van der Waals surface area contributed by atoms with Gasteiger partial charge in [-0.3, -0.25) is 14.5 Å². The average molecular weight is 304 g/mol. The van der Waals surface area contributed by atoms with E-state index in [1.807, 2.05) is 24.3 Å². The predicted molar refractivity (Wildman–Crippen MR) is 80.4 cm³/mol. The number of carboxylic acid groups (broad SMARTS) is 1. The quantitative estimate of drug-likeness (QED) is 0.815. The van der Waals surface area contributed by atoms with Gasteiger partial charge in [-0.2, -0.15) is 0 Å². The Kier molecular flexibility index (Phi) is 4.21. The molecule has 0 saturated carbocycles. The number of nitrogens with one attached hydrogen (secondary N) is 1. The Morgan fingerprint density at radius 2 is 1.86 bits per heavy atom. The third kappa shape index (κ3) is 2.56. The Balaban J connectivity index is 2.39. The molecule has 1 aromatic rings. The molecule has 118 valence electrons. The van der Waals surface area contributed by atoms with Crippen molar-refractivity contribution in [2.45, 2.75) is 38.6 Å². The van der Waals surface area contributed by atoms with Gasteiger partial charge in [-0.15, -0.1) is 0 Å². The monoisotopic (exact) mass is 304 g/mol. The number of carboxylic acids is 1. The summed E-state index contributed by atoms with van der Waals surface area (Å²) in [6, 6.07) is 6.83. The lowest BCUT2D eigenvalue weighted by atomic mass is 9.86. The van der Waals surface area contributed by atoms with Crippen molar-refractivity contribution in [3.05, 3.63) is 35.4 Å². The first-order valence-corrected chi connectivity index (χ1v) is 7.28. The van der Waals surface area contributed by atoms with Crippen LogP contribution in [0.25, 0.3) is 0 Å². The first-order chi connectivity index (χ1) is 10.3. The standard InChI is InChI=1S/C16H20N2O4/c1-4-16(12-7-5-11(6-8-12)10(2)3)14(21)18(9-13(19)20)15(22)17-16/h5-8,10H,4,9H2,1-3H3,(H,17,22)(H,19,20). The molecule has 1 heterocycles. The number of aliphatic carboxylic acids is 1. The molecule has 0 aromatic heterocycles. The van der Waals surface area contributed by atoms with E-state index in [1.165, 1.54) is 0 Å². The highest BCUT2D eigenvalue weighted by Crippen LogP contribution is 2.33. The fraction of sp³-hybridized carbons (Fsp3) is 0.438. The Labute approximate surface area is 129 Å². The van der Waals surface area contributed by atoms with Crippen molar-refractivity contribution < 1.29 is 19.5 Å². The maximum atomic E-state index is 12.6. The molecule has 1 unspecified atom stereocenters. The Bertz CT molecular complexity index is 609. The van der Waals surface area contributed by atoms with Crippen molar-refractivity contribution in [2.75, 3.05) is 6.54 Å². The number of benzene rings is 1. The minimum Gasteiger partial charge on any atom is -0.480 e. The molecule has 6 heteroatoms. The molecule has 1 aliphatic heterocycles. The lowest BCUT2D eigenvalue weighted by molar-refractivity contribution is -0.143. The summed E-state index contributed by atoms with van der Waals surface area (Å²) < 4.78 is 0. The van der Waals surface area contributed by atoms with Gasteiger partial charge in [0.25, 0.3) is 5.91 Å². The molecule has 6 nitrogen and oxygen atoms in total. The average Bonchev–Trinajstić information content (AvgIpc) is 2.72. The van der Waals surface area contributed by atoms with E-state index in [2.05, 4.69) is 19.2 Å². The van der Waals surface area contributed by atoms with Gasteiger partial charge in [0.05, 0.1) is 0 Å². The zero-order chi connectivity index (χ0) is 16.5. The van der Waals surface area contributed by atoms with E-state index in [4.69, 9.17) is 5.11 Å². The SMILES string of the molecule is CCC1(c2ccc(C(C)C)cc2)NC(=O)N(CC(=O)O)C1=O. The number of carbonyl (C=O) groups is 3. The number of nitrogens with zero attached hydrogens (tertiary/aromatic N) is 1. The number of amides is 3. The summed E-state index contributed by atoms with van der Waals surface area (Å²) in [6.07, 6.45) is 0.356. The van der Waals surface area contributed by atoms with Gasteiger partial charge in [0.15, 0.2) is 0 Å². The number of hydrogen-bond donors (Lipinski definition) is 2. The molecular formula is C16H20N2O4. The second kappa shape index (κ2) is 5.79. The second-order valence-corrected chi connectivity index (χ2v) is 5.75. The summed E-state index contributed by atoms with van der Waals surface area (Å²) in [4.78, 5) is 36.2. The molecule has 0 aliphatic carbocycles. The van der Waals surface area contributed by atoms with Crippen molar-refractivity contribution in [3.63, 3.8) is 0 Å². The van der Waals surface area contributed by atoms with Crippen LogP contribution in [0.4, 0.5) is 4.79 Å². The first-order valence-electron chi connectivity index (χ1n) is 7.28. The van der Waals surface area contributed by atoms with Crippen molar-refractivity contribution in [1.29, 1.82) is 0 Å². The predicted octanol–water partition coefficient (Wildman–Crippen LogP) is 2.05. The van der Waals surface area contributed by atoms with Crippen LogP contribution in [0.1, 0.15) is 44.2 Å². The van der Waals surface area contributed by atoms with Gasteiger partial charge in [0.1, 0.15) is 12.1 Å². The third-order valence-electron chi connectivity index (χ3n) is 4.07. The van der Waals surface area contributed by atoms with E-state index in [-0.39, 0.29) is 0 Å². The van der Waals surface area contributed by atoms with Crippen LogP contribution in [0.3, 0.4) is 0 Å². The van der Waals surface area contributed by atoms with Crippen molar-refractivity contribution >= 4 is 17.9 Å². The van der Waals surface area contributed by atoms with Crippen LogP contribution in [0, 0.1) is 0 Å². The van der Waals surface area contributed by atoms with E-state index in [0.29, 0.717) is 17.9 Å². The topological polar surface area (TPSA) is 86.7 Å². The lowest BCUT2D eigenvalue weighted by Crippen LogP contribution is -2.43. The van der Waals surface area contributed by atoms with Gasteiger partial charge in [0, 0.05) is 0 Å². The van der Waals surface area contributed by atoms with E-state index < -0.39 is 30.0 Å². The lowest BCUT2D eigenvalue weighted by Gasteiger charge is -2.26. The summed E-state index contributed by atoms with van der Waals surface area (Å²) in [6.45, 7) is 5.30. The number of hydrogen-bond acceptors (Lipinski definition) is 3. The maximum Gasteiger partial charge on any atom is 0.325 e. The van der Waals surface area contributed by atoms with Gasteiger partial charge in [0.2, 0.25) is 0 Å². The summed E-state index contributed by atoms with van der Waals surface area (Å²) in [5, 5.41) is 11.5. The fourth-order valence-corrected chi connectivity index (χ4v) is 2.70. The van der Waals surface area contributed by atoms with Gasteiger partial charge < -0.3 is 10.4 Å². The van der Waals surface area contributed by atoms with Crippen LogP contribution in [0.2, 0.25) is 0 Å². The molecule has 22 heavy (non-hydrogen) atoms. The molecule has 1 fully saturated rings. The summed E-state index contributed by atoms with van der Waals surface area (Å²) in [5.41, 5.74) is 0.627. The summed E-state index contributed by atoms with van der Waals surface area (Å²) in [5.74, 6) is -1.37. The molecule has 1 aliphatic rings. The van der Waals surface area contributed by atoms with Gasteiger partial charge >= 0.3 is 12.0 Å². The van der Waals surface area contributed by atoms with E-state index in [0.717, 1.165) is 10.5 Å². The number of imide groups is 1. The normalized spacial score (nSPS) is 21.4. The van der Waals surface area contributed by atoms with Crippen LogP contribution < -0.4 is 5.32 Å². The van der Waals surface area contributed by atoms with Crippen LogP contribution >= 0.6 is 0 Å². The Morgan fingerprint density at radius 3 is 2.32 bits per heavy atom. The van der Waals surface area contributed by atoms with Gasteiger partial charge in [-0.1, -0.05) is 45.0 Å². The molecule has 0 spiro atoms. The zero-order valence-electron chi connectivity index (χ0n) is 12.9. The van der Waals surface area contributed by atoms with Crippen molar-refractivity contribution in [1.82, 2.24) is 10.2 Å². The minimum atomic E-state index is -1.22. The molecule has 1 atom stereocenters. The molecule has 0 radical (unpaired) electrons. The Morgan fingerprint density at radius 1 is 1.27 bits per heavy atom. The summed E-state index contributed by atoms with van der Waals surface area (Å²) in [7, 11) is 0. The van der Waals surface area contributed by atoms with E-state index >= 15 is 0 Å². The molecule has 0 bridgehead atoms. The highest BCUT2D eigenvalue weighted by Gasteiger charge is 2.51. The highest BCUT2D eigenvalue weighted by atomic mass is 16.4. The van der Waals surface area contributed by atoms with Crippen molar-refractivity contribution in [3.8, 4) is 0 Å². The molecule has 1 aromatic carbocycles. The largest absolute Gasteiger partial charge is 0.480 e. The zero-order valence-corrected chi connectivity index (χ0v) is 12.9. The Hall–Kier alpha value is -2.37. The smallest absolute Gasteiger partial charge is 0.325 e. The summed E-state index contributed by atoms with van der Waals surface area (Å²) >= 11 is 0. The first kappa shape index (κ1) is 16.0. The van der Waals surface area contributed by atoms with Crippen LogP contribution in [0.5, 0.6) is 0 Å². The van der Waals surface area contributed by atoms with Gasteiger partial charge in [-0.05, 0) is 23.5 Å². The van der Waals surface area contributed by atoms with Crippen LogP contribution in [-0.2, 0) is 15.1 Å². The van der Waals surface area contributed by atoms with Crippen LogP contribution in [0.15, 0.2) is 24.3 Å². The molecule has 1 saturated heterocycles.